The van der Waals surface area contributed by atoms with Gasteiger partial charge in [0.2, 0.25) is 16.1 Å². The van der Waals surface area contributed by atoms with Gasteiger partial charge in [0.25, 0.3) is 5.91 Å². The number of piperidine rings is 1. The van der Waals surface area contributed by atoms with E-state index in [-0.39, 0.29) is 17.7 Å². The highest BCUT2D eigenvalue weighted by atomic mass is 35.5. The second-order valence-corrected chi connectivity index (χ2v) is 9.64. The highest BCUT2D eigenvalue weighted by Gasteiger charge is 2.30. The maximum Gasteiger partial charge on any atom is 0.266 e. The molecular formula is C21H25ClN2O4S. The minimum absolute atomic E-state index is 0.0918. The first kappa shape index (κ1) is 21.6. The molecule has 1 atom stereocenters. The van der Waals surface area contributed by atoms with Crippen LogP contribution in [0.4, 0.5) is 0 Å². The number of nitrogens with one attached hydrogen (secondary N) is 1. The molecular weight excluding hydrogens is 412 g/mol. The van der Waals surface area contributed by atoms with Crippen LogP contribution in [0.25, 0.3) is 0 Å². The van der Waals surface area contributed by atoms with Gasteiger partial charge in [0.1, 0.15) is 5.75 Å². The molecule has 1 saturated heterocycles. The van der Waals surface area contributed by atoms with Crippen molar-refractivity contribution in [3.8, 4) is 5.75 Å². The summed E-state index contributed by atoms with van der Waals surface area (Å²) in [7, 11) is -3.19. The Labute approximate surface area is 176 Å². The van der Waals surface area contributed by atoms with Crippen LogP contribution in [0.5, 0.6) is 5.75 Å². The molecule has 1 heterocycles. The van der Waals surface area contributed by atoms with E-state index in [0.29, 0.717) is 36.7 Å². The van der Waals surface area contributed by atoms with Gasteiger partial charge in [0, 0.05) is 29.7 Å². The molecule has 1 fully saturated rings. The molecule has 1 N–H and O–H groups in total. The Balaban J connectivity index is 1.68. The lowest BCUT2D eigenvalue weighted by atomic mass is 10.0. The standard InChI is InChI=1S/C21H25ClN2O4S/c1-2-29(26,27)24-14-12-18(13-15-24)23-21(25)20(16-6-4-3-5-7-16)28-19-10-8-17(22)9-11-19/h3-11,18,20H,2,12-15H2,1H3,(H,23,25). The Hall–Kier alpha value is -2.09. The predicted octanol–water partition coefficient (Wildman–Crippen LogP) is 3.39. The van der Waals surface area contributed by atoms with Crippen molar-refractivity contribution in [2.24, 2.45) is 0 Å². The fraction of sp³-hybridized carbons (Fsp3) is 0.381. The van der Waals surface area contributed by atoms with Gasteiger partial charge in [0.15, 0.2) is 0 Å². The molecule has 8 heteroatoms. The number of hydrogen-bond donors (Lipinski definition) is 1. The summed E-state index contributed by atoms with van der Waals surface area (Å²) in [5.74, 6) is 0.389. The molecule has 3 rings (SSSR count). The zero-order chi connectivity index (χ0) is 20.9. The Bertz CT molecular complexity index is 911. The maximum atomic E-state index is 13.0. The van der Waals surface area contributed by atoms with E-state index in [0.717, 1.165) is 5.56 Å². The first-order valence-corrected chi connectivity index (χ1v) is 11.6. The molecule has 0 saturated carbocycles. The van der Waals surface area contributed by atoms with Gasteiger partial charge in [-0.05, 0) is 44.0 Å². The van der Waals surface area contributed by atoms with Crippen LogP contribution >= 0.6 is 11.6 Å². The van der Waals surface area contributed by atoms with Crippen molar-refractivity contribution in [3.05, 3.63) is 65.2 Å². The zero-order valence-electron chi connectivity index (χ0n) is 16.3. The van der Waals surface area contributed by atoms with Gasteiger partial charge >= 0.3 is 0 Å². The van der Waals surface area contributed by atoms with E-state index in [1.54, 1.807) is 31.2 Å². The van der Waals surface area contributed by atoms with Gasteiger partial charge in [-0.1, -0.05) is 41.9 Å². The van der Waals surface area contributed by atoms with Crippen LogP contribution in [0.15, 0.2) is 54.6 Å². The van der Waals surface area contributed by atoms with Gasteiger partial charge in [-0.25, -0.2) is 12.7 Å². The number of amides is 1. The van der Waals surface area contributed by atoms with E-state index in [4.69, 9.17) is 16.3 Å². The predicted molar refractivity (Wildman–Crippen MR) is 113 cm³/mol. The number of benzene rings is 2. The molecule has 2 aromatic rings. The molecule has 0 aromatic heterocycles. The van der Waals surface area contributed by atoms with Crippen LogP contribution in [-0.4, -0.2) is 43.5 Å². The summed E-state index contributed by atoms with van der Waals surface area (Å²) >= 11 is 5.93. The number of ether oxygens (including phenoxy) is 1. The van der Waals surface area contributed by atoms with Crippen molar-refractivity contribution in [2.45, 2.75) is 31.9 Å². The van der Waals surface area contributed by atoms with Crippen LogP contribution < -0.4 is 10.1 Å². The lowest BCUT2D eigenvalue weighted by molar-refractivity contribution is -0.129. The highest BCUT2D eigenvalue weighted by Crippen LogP contribution is 2.25. The fourth-order valence-electron chi connectivity index (χ4n) is 3.29. The van der Waals surface area contributed by atoms with Crippen LogP contribution in [-0.2, 0) is 14.8 Å². The third-order valence-corrected chi connectivity index (χ3v) is 7.10. The van der Waals surface area contributed by atoms with E-state index < -0.39 is 16.1 Å². The molecule has 0 radical (unpaired) electrons. The summed E-state index contributed by atoms with van der Waals surface area (Å²) in [6.07, 6.45) is 0.343. The Morgan fingerprint density at radius 3 is 2.34 bits per heavy atom. The van der Waals surface area contributed by atoms with Crippen molar-refractivity contribution in [3.63, 3.8) is 0 Å². The Kier molecular flexibility index (Phi) is 7.16. The average molecular weight is 437 g/mol. The number of carbonyl (C=O) groups is 1. The van der Waals surface area contributed by atoms with Crippen molar-refractivity contribution in [2.75, 3.05) is 18.8 Å². The summed E-state index contributed by atoms with van der Waals surface area (Å²) in [5.41, 5.74) is 0.742. The number of sulfonamides is 1. The molecule has 1 aliphatic heterocycles. The molecule has 1 aliphatic rings. The van der Waals surface area contributed by atoms with Crippen molar-refractivity contribution in [1.82, 2.24) is 9.62 Å². The van der Waals surface area contributed by atoms with E-state index in [1.165, 1.54) is 4.31 Å². The lowest BCUT2D eigenvalue weighted by Gasteiger charge is -2.32. The van der Waals surface area contributed by atoms with E-state index in [2.05, 4.69) is 5.32 Å². The Morgan fingerprint density at radius 1 is 1.14 bits per heavy atom. The van der Waals surface area contributed by atoms with Crippen molar-refractivity contribution in [1.29, 1.82) is 0 Å². The minimum atomic E-state index is -3.19. The van der Waals surface area contributed by atoms with Gasteiger partial charge in [-0.3, -0.25) is 4.79 Å². The monoisotopic (exact) mass is 436 g/mol. The normalized spacial score (nSPS) is 16.9. The summed E-state index contributed by atoms with van der Waals surface area (Å²) in [4.78, 5) is 13.0. The van der Waals surface area contributed by atoms with E-state index >= 15 is 0 Å². The fourth-order valence-corrected chi connectivity index (χ4v) is 4.55. The summed E-state index contributed by atoms with van der Waals surface area (Å²) in [6, 6.07) is 16.0. The molecule has 1 amide bonds. The molecule has 6 nitrogen and oxygen atoms in total. The molecule has 0 spiro atoms. The van der Waals surface area contributed by atoms with Crippen LogP contribution in [0.3, 0.4) is 0 Å². The minimum Gasteiger partial charge on any atom is -0.476 e. The number of rotatable bonds is 7. The average Bonchev–Trinajstić information content (AvgIpc) is 2.74. The third kappa shape index (κ3) is 5.72. The summed E-state index contributed by atoms with van der Waals surface area (Å²) < 4.78 is 31.5. The zero-order valence-corrected chi connectivity index (χ0v) is 17.8. The van der Waals surface area contributed by atoms with Gasteiger partial charge in [-0.2, -0.15) is 0 Å². The topological polar surface area (TPSA) is 75.7 Å². The molecule has 2 aromatic carbocycles. The van der Waals surface area contributed by atoms with E-state index in [1.807, 2.05) is 30.3 Å². The molecule has 1 unspecified atom stereocenters. The van der Waals surface area contributed by atoms with Crippen LogP contribution in [0.2, 0.25) is 5.02 Å². The second-order valence-electron chi connectivity index (χ2n) is 6.94. The quantitative estimate of drug-likeness (QED) is 0.721. The SMILES string of the molecule is CCS(=O)(=O)N1CCC(NC(=O)C(Oc2ccc(Cl)cc2)c2ccccc2)CC1. The van der Waals surface area contributed by atoms with Gasteiger partial charge < -0.3 is 10.1 Å². The number of carbonyl (C=O) groups excluding carboxylic acids is 1. The molecule has 0 aliphatic carbocycles. The first-order valence-electron chi connectivity index (χ1n) is 9.64. The number of halogens is 1. The molecule has 156 valence electrons. The highest BCUT2D eigenvalue weighted by molar-refractivity contribution is 7.89. The summed E-state index contributed by atoms with van der Waals surface area (Å²) in [6.45, 7) is 2.46. The number of hydrogen-bond acceptors (Lipinski definition) is 4. The second kappa shape index (κ2) is 9.61. The van der Waals surface area contributed by atoms with E-state index in [9.17, 15) is 13.2 Å². The Morgan fingerprint density at radius 2 is 1.76 bits per heavy atom. The lowest BCUT2D eigenvalue weighted by Crippen LogP contribution is -2.48. The largest absolute Gasteiger partial charge is 0.476 e. The van der Waals surface area contributed by atoms with Crippen molar-refractivity contribution < 1.29 is 17.9 Å². The van der Waals surface area contributed by atoms with Crippen molar-refractivity contribution >= 4 is 27.5 Å². The van der Waals surface area contributed by atoms with Crippen LogP contribution in [0.1, 0.15) is 31.4 Å². The molecule has 0 bridgehead atoms. The van der Waals surface area contributed by atoms with Crippen LogP contribution in [0, 0.1) is 0 Å². The van der Waals surface area contributed by atoms with Gasteiger partial charge in [-0.15, -0.1) is 0 Å². The summed E-state index contributed by atoms with van der Waals surface area (Å²) in [5, 5.41) is 3.62. The number of nitrogens with zero attached hydrogens (tertiary/aromatic N) is 1. The first-order chi connectivity index (χ1) is 13.9. The third-order valence-electron chi connectivity index (χ3n) is 4.97. The maximum absolute atomic E-state index is 13.0. The van der Waals surface area contributed by atoms with Gasteiger partial charge in [0.05, 0.1) is 5.75 Å². The molecule has 29 heavy (non-hydrogen) atoms. The smallest absolute Gasteiger partial charge is 0.266 e.